The fourth-order valence-corrected chi connectivity index (χ4v) is 2.24. The molecule has 0 unspecified atom stereocenters. The minimum Gasteiger partial charge on any atom is -0.339 e. The first-order valence-corrected chi connectivity index (χ1v) is 7.33. The van der Waals surface area contributed by atoms with Gasteiger partial charge in [0.25, 0.3) is 0 Å². The first-order valence-electron chi connectivity index (χ1n) is 6.95. The predicted molar refractivity (Wildman–Crippen MR) is 88.5 cm³/mol. The van der Waals surface area contributed by atoms with Crippen molar-refractivity contribution in [2.75, 3.05) is 10.6 Å². The van der Waals surface area contributed by atoms with Gasteiger partial charge in [-0.05, 0) is 30.3 Å². The third-order valence-electron chi connectivity index (χ3n) is 3.09. The molecule has 0 saturated heterocycles. The minimum absolute atomic E-state index is 0.112. The summed E-state index contributed by atoms with van der Waals surface area (Å²) in [4.78, 5) is 16.2. The Morgan fingerprint density at radius 2 is 2.04 bits per heavy atom. The molecule has 3 rings (SSSR count). The van der Waals surface area contributed by atoms with Gasteiger partial charge in [0.2, 0.25) is 11.7 Å². The topological polar surface area (TPSA) is 80.0 Å². The average Bonchev–Trinajstić information content (AvgIpc) is 2.97. The van der Waals surface area contributed by atoms with Crippen LogP contribution in [0, 0.1) is 12.7 Å². The molecule has 122 valence electrons. The molecule has 8 heteroatoms. The lowest BCUT2D eigenvalue weighted by Gasteiger charge is -2.09. The smallest absolute Gasteiger partial charge is 0.323 e. The fraction of sp³-hybridized carbons (Fsp3) is 0.0625. The highest BCUT2D eigenvalue weighted by Crippen LogP contribution is 2.23. The van der Waals surface area contributed by atoms with E-state index in [4.69, 9.17) is 16.1 Å². The van der Waals surface area contributed by atoms with Crippen molar-refractivity contribution in [3.05, 3.63) is 59.2 Å². The summed E-state index contributed by atoms with van der Waals surface area (Å²) in [7, 11) is 0. The van der Waals surface area contributed by atoms with Crippen LogP contribution in [0.1, 0.15) is 5.89 Å². The maximum atomic E-state index is 13.0. The first-order chi connectivity index (χ1) is 11.5. The minimum atomic E-state index is -0.509. The van der Waals surface area contributed by atoms with Gasteiger partial charge in [0, 0.05) is 18.2 Å². The van der Waals surface area contributed by atoms with Crippen molar-refractivity contribution in [1.29, 1.82) is 0 Å². The van der Waals surface area contributed by atoms with E-state index in [9.17, 15) is 9.18 Å². The van der Waals surface area contributed by atoms with Crippen LogP contribution >= 0.6 is 11.6 Å². The molecule has 24 heavy (non-hydrogen) atoms. The number of nitrogens with one attached hydrogen (secondary N) is 2. The van der Waals surface area contributed by atoms with Crippen LogP contribution in [0.5, 0.6) is 0 Å². The van der Waals surface area contributed by atoms with E-state index in [1.165, 1.54) is 12.1 Å². The predicted octanol–water partition coefficient (Wildman–Crippen LogP) is 4.48. The number of rotatable bonds is 3. The van der Waals surface area contributed by atoms with E-state index < -0.39 is 11.8 Å². The van der Waals surface area contributed by atoms with E-state index in [1.807, 2.05) is 0 Å². The van der Waals surface area contributed by atoms with Gasteiger partial charge in [-0.25, -0.2) is 9.18 Å². The molecule has 0 spiro atoms. The number of hydrogen-bond donors (Lipinski definition) is 2. The van der Waals surface area contributed by atoms with Crippen LogP contribution in [0.2, 0.25) is 5.02 Å². The highest BCUT2D eigenvalue weighted by Gasteiger charge is 2.09. The average molecular weight is 347 g/mol. The van der Waals surface area contributed by atoms with Gasteiger partial charge in [-0.1, -0.05) is 28.9 Å². The molecule has 2 N–H and O–H groups in total. The van der Waals surface area contributed by atoms with Crippen LogP contribution in [-0.2, 0) is 0 Å². The highest BCUT2D eigenvalue weighted by molar-refractivity contribution is 6.33. The molecule has 3 aromatic rings. The van der Waals surface area contributed by atoms with Gasteiger partial charge in [-0.2, -0.15) is 4.98 Å². The second-order valence-electron chi connectivity index (χ2n) is 4.92. The number of anilines is 2. The van der Waals surface area contributed by atoms with Crippen molar-refractivity contribution < 1.29 is 13.7 Å². The molecule has 0 radical (unpaired) electrons. The molecule has 0 saturated carbocycles. The summed E-state index contributed by atoms with van der Waals surface area (Å²) < 4.78 is 17.9. The van der Waals surface area contributed by atoms with Gasteiger partial charge < -0.3 is 15.2 Å². The van der Waals surface area contributed by atoms with Gasteiger partial charge in [0.05, 0.1) is 10.7 Å². The summed E-state index contributed by atoms with van der Waals surface area (Å²) >= 11 is 5.87. The molecule has 2 aromatic carbocycles. The van der Waals surface area contributed by atoms with E-state index in [1.54, 1.807) is 31.2 Å². The summed E-state index contributed by atoms with van der Waals surface area (Å²) in [6.45, 7) is 1.69. The Balaban J connectivity index is 1.72. The molecule has 0 fully saturated rings. The number of carbonyl (C=O) groups excluding carboxylic acids is 1. The third-order valence-corrected chi connectivity index (χ3v) is 3.40. The largest absolute Gasteiger partial charge is 0.339 e. The molecule has 1 aromatic heterocycles. The van der Waals surface area contributed by atoms with Crippen LogP contribution in [0.3, 0.4) is 0 Å². The molecule has 0 aliphatic rings. The lowest BCUT2D eigenvalue weighted by Crippen LogP contribution is -2.19. The van der Waals surface area contributed by atoms with Crippen molar-refractivity contribution in [3.8, 4) is 11.4 Å². The normalized spacial score (nSPS) is 10.5. The Kier molecular flexibility index (Phi) is 4.43. The SMILES string of the molecule is Cc1nc(-c2cccc(NC(=O)Nc3ccc(F)cc3Cl)c2)no1. The number of benzene rings is 2. The van der Waals surface area contributed by atoms with Crippen molar-refractivity contribution in [3.63, 3.8) is 0 Å². The standard InChI is InChI=1S/C16H12ClFN4O2/c1-9-19-15(22-24-9)10-3-2-4-12(7-10)20-16(23)21-14-6-5-11(18)8-13(14)17/h2-8H,1H3,(H2,20,21,23). The van der Waals surface area contributed by atoms with Gasteiger partial charge in [0.15, 0.2) is 0 Å². The number of hydrogen-bond acceptors (Lipinski definition) is 4. The lowest BCUT2D eigenvalue weighted by atomic mass is 10.2. The zero-order valence-corrected chi connectivity index (χ0v) is 13.3. The Hall–Kier alpha value is -2.93. The molecule has 0 atom stereocenters. The maximum Gasteiger partial charge on any atom is 0.323 e. The quantitative estimate of drug-likeness (QED) is 0.732. The van der Waals surface area contributed by atoms with Crippen LogP contribution in [0.25, 0.3) is 11.4 Å². The molecule has 0 aliphatic carbocycles. The van der Waals surface area contributed by atoms with Gasteiger partial charge in [0.1, 0.15) is 5.82 Å². The van der Waals surface area contributed by atoms with Gasteiger partial charge in [-0.15, -0.1) is 0 Å². The van der Waals surface area contributed by atoms with E-state index in [0.717, 1.165) is 6.07 Å². The number of aromatic nitrogens is 2. The first kappa shape index (κ1) is 15.9. The van der Waals surface area contributed by atoms with E-state index >= 15 is 0 Å². The van der Waals surface area contributed by atoms with Crippen molar-refractivity contribution >= 4 is 29.0 Å². The van der Waals surface area contributed by atoms with Crippen LogP contribution in [-0.4, -0.2) is 16.2 Å². The van der Waals surface area contributed by atoms with E-state index in [0.29, 0.717) is 28.7 Å². The Labute approximate surface area is 141 Å². The Morgan fingerprint density at radius 1 is 1.21 bits per heavy atom. The number of carbonyl (C=O) groups is 1. The maximum absolute atomic E-state index is 13.0. The van der Waals surface area contributed by atoms with Crippen molar-refractivity contribution in [2.24, 2.45) is 0 Å². The van der Waals surface area contributed by atoms with Crippen LogP contribution in [0.15, 0.2) is 47.0 Å². The van der Waals surface area contributed by atoms with Crippen molar-refractivity contribution in [1.82, 2.24) is 10.1 Å². The summed E-state index contributed by atoms with van der Waals surface area (Å²) in [5.74, 6) is 0.402. The number of urea groups is 1. The molecule has 0 bridgehead atoms. The fourth-order valence-electron chi connectivity index (χ4n) is 2.03. The third kappa shape index (κ3) is 3.69. The zero-order valence-electron chi connectivity index (χ0n) is 12.5. The summed E-state index contributed by atoms with van der Waals surface area (Å²) in [6, 6.07) is 10.2. The Morgan fingerprint density at radius 3 is 2.75 bits per heavy atom. The van der Waals surface area contributed by atoms with Crippen molar-refractivity contribution in [2.45, 2.75) is 6.92 Å². The summed E-state index contributed by atoms with van der Waals surface area (Å²) in [6.07, 6.45) is 0. The number of halogens is 2. The number of aryl methyl sites for hydroxylation is 1. The second-order valence-corrected chi connectivity index (χ2v) is 5.33. The molecule has 1 heterocycles. The second kappa shape index (κ2) is 6.67. The molecule has 2 amide bonds. The van der Waals surface area contributed by atoms with E-state index in [2.05, 4.69) is 20.8 Å². The lowest BCUT2D eigenvalue weighted by molar-refractivity contribution is 0.262. The molecular weight excluding hydrogens is 335 g/mol. The Bertz CT molecular complexity index is 897. The molecular formula is C16H12ClFN4O2. The number of nitrogens with zero attached hydrogens (tertiary/aromatic N) is 2. The number of amides is 2. The summed E-state index contributed by atoms with van der Waals surface area (Å²) in [5.41, 5.74) is 1.54. The zero-order chi connectivity index (χ0) is 17.1. The van der Waals surface area contributed by atoms with E-state index in [-0.39, 0.29) is 5.02 Å². The monoisotopic (exact) mass is 346 g/mol. The molecule has 6 nitrogen and oxygen atoms in total. The van der Waals surface area contributed by atoms with Crippen LogP contribution in [0.4, 0.5) is 20.6 Å². The molecule has 0 aliphatic heterocycles. The van der Waals surface area contributed by atoms with Gasteiger partial charge in [-0.3, -0.25) is 0 Å². The van der Waals surface area contributed by atoms with Crippen LogP contribution < -0.4 is 10.6 Å². The highest BCUT2D eigenvalue weighted by atomic mass is 35.5. The van der Waals surface area contributed by atoms with Gasteiger partial charge >= 0.3 is 6.03 Å². The summed E-state index contributed by atoms with van der Waals surface area (Å²) in [5, 5.41) is 9.15.